The molecule has 9 heteroatoms. The number of hydrogen-bond acceptors (Lipinski definition) is 6. The zero-order valence-electron chi connectivity index (χ0n) is 26.6. The van der Waals surface area contributed by atoms with Crippen molar-refractivity contribution in [2.75, 3.05) is 30.6 Å². The highest BCUT2D eigenvalue weighted by Crippen LogP contribution is 2.44. The van der Waals surface area contributed by atoms with Crippen molar-refractivity contribution in [2.45, 2.75) is 81.7 Å². The van der Waals surface area contributed by atoms with Gasteiger partial charge in [0.05, 0.1) is 12.1 Å². The van der Waals surface area contributed by atoms with Crippen LogP contribution in [0.4, 0.5) is 16.2 Å². The molecule has 0 saturated heterocycles. The SMILES string of the molecule is CC1=C(CC(=O)N[C@H]2CC[C@@H](Nc3nc4c(c(N(C)C)n3)CCCC4)CC2)c2cc(F)ccc2C1=Cc1ccc([S+](C)[O-])cc1. The number of amides is 1. The average Bonchev–Trinajstić information content (AvgIpc) is 3.26. The van der Waals surface area contributed by atoms with E-state index in [-0.39, 0.29) is 30.2 Å². The van der Waals surface area contributed by atoms with Gasteiger partial charge < -0.3 is 20.1 Å². The van der Waals surface area contributed by atoms with Crippen molar-refractivity contribution >= 4 is 46.1 Å². The number of carbonyl (C=O) groups excluding carboxylic acids is 1. The largest absolute Gasteiger partial charge is 0.612 e. The van der Waals surface area contributed by atoms with Crippen LogP contribution in [0.25, 0.3) is 17.2 Å². The lowest BCUT2D eigenvalue weighted by molar-refractivity contribution is -0.121. The summed E-state index contributed by atoms with van der Waals surface area (Å²) in [5.41, 5.74) is 7.93. The number of rotatable bonds is 8. The van der Waals surface area contributed by atoms with Gasteiger partial charge in [0.25, 0.3) is 0 Å². The number of carbonyl (C=O) groups is 1. The smallest absolute Gasteiger partial charge is 0.225 e. The van der Waals surface area contributed by atoms with Crippen molar-refractivity contribution in [3.05, 3.63) is 81.8 Å². The van der Waals surface area contributed by atoms with Gasteiger partial charge in [0.1, 0.15) is 17.9 Å². The lowest BCUT2D eigenvalue weighted by Crippen LogP contribution is -2.40. The average molecular weight is 628 g/mol. The highest BCUT2D eigenvalue weighted by atomic mass is 32.2. The molecule has 3 aliphatic carbocycles. The van der Waals surface area contributed by atoms with Crippen molar-refractivity contribution < 1.29 is 13.7 Å². The Balaban J connectivity index is 1.10. The van der Waals surface area contributed by atoms with Crippen LogP contribution in [-0.4, -0.2) is 52.9 Å². The van der Waals surface area contributed by atoms with Gasteiger partial charge in [-0.05, 0) is 145 Å². The van der Waals surface area contributed by atoms with E-state index in [0.29, 0.717) is 5.95 Å². The van der Waals surface area contributed by atoms with E-state index in [1.165, 1.54) is 36.2 Å². The van der Waals surface area contributed by atoms with E-state index in [4.69, 9.17) is 9.97 Å². The number of hydrogen-bond donors (Lipinski definition) is 2. The van der Waals surface area contributed by atoms with E-state index in [9.17, 15) is 13.7 Å². The molecule has 3 aliphatic rings. The summed E-state index contributed by atoms with van der Waals surface area (Å²) >= 11 is -1.04. The summed E-state index contributed by atoms with van der Waals surface area (Å²) in [5, 5.41) is 6.85. The standard InChI is InChI=1S/C36H42FN5O2S/c1-22-30(19-23-9-16-27(17-10-23)45(4)44)28-18-11-24(37)20-32(28)31(22)21-34(43)38-25-12-14-26(15-13-25)39-36-40-33-8-6-5-7-29(33)35(41-36)42(2)3/h9-11,16-20,25-26H,5-8,12-15,21H2,1-4H3,(H,38,43)(H,39,40,41)/t25-,26+,45?. The molecule has 3 aromatic rings. The second kappa shape index (κ2) is 13.3. The van der Waals surface area contributed by atoms with Gasteiger partial charge in [0, 0.05) is 31.7 Å². The van der Waals surface area contributed by atoms with Gasteiger partial charge in [-0.3, -0.25) is 4.79 Å². The fourth-order valence-electron chi connectivity index (χ4n) is 6.92. The first-order valence-electron chi connectivity index (χ1n) is 15.9. The molecule has 1 atom stereocenters. The van der Waals surface area contributed by atoms with Crippen LogP contribution in [0.3, 0.4) is 0 Å². The minimum atomic E-state index is -1.04. The summed E-state index contributed by atoms with van der Waals surface area (Å²) in [4.78, 5) is 26.0. The van der Waals surface area contributed by atoms with E-state index < -0.39 is 11.2 Å². The zero-order chi connectivity index (χ0) is 31.7. The molecule has 1 aromatic heterocycles. The number of allylic oxidation sites excluding steroid dienone is 2. The Bertz CT molecular complexity index is 1640. The highest BCUT2D eigenvalue weighted by Gasteiger charge is 2.28. The maximum absolute atomic E-state index is 14.4. The van der Waals surface area contributed by atoms with Crippen molar-refractivity contribution in [3.8, 4) is 0 Å². The summed E-state index contributed by atoms with van der Waals surface area (Å²) in [7, 11) is 4.08. The summed E-state index contributed by atoms with van der Waals surface area (Å²) < 4.78 is 26.2. The van der Waals surface area contributed by atoms with Crippen LogP contribution < -0.4 is 15.5 Å². The van der Waals surface area contributed by atoms with Gasteiger partial charge in [0.15, 0.2) is 4.90 Å². The normalized spacial score (nSPS) is 20.9. The first-order chi connectivity index (χ1) is 21.7. The monoisotopic (exact) mass is 627 g/mol. The molecule has 1 heterocycles. The molecule has 0 aliphatic heterocycles. The van der Waals surface area contributed by atoms with Crippen molar-refractivity contribution in [3.63, 3.8) is 0 Å². The number of aromatic nitrogens is 2. The van der Waals surface area contributed by atoms with Crippen LogP contribution in [0.1, 0.15) is 79.8 Å². The van der Waals surface area contributed by atoms with E-state index in [2.05, 4.69) is 21.6 Å². The molecular weight excluding hydrogens is 585 g/mol. The molecule has 6 rings (SSSR count). The summed E-state index contributed by atoms with van der Waals surface area (Å²) in [6.45, 7) is 2.00. The molecule has 0 spiro atoms. The van der Waals surface area contributed by atoms with Crippen LogP contribution >= 0.6 is 0 Å². The Morgan fingerprint density at radius 1 is 1.02 bits per heavy atom. The van der Waals surface area contributed by atoms with E-state index >= 15 is 0 Å². The zero-order valence-corrected chi connectivity index (χ0v) is 27.4. The molecule has 1 amide bonds. The van der Waals surface area contributed by atoms with Crippen molar-refractivity contribution in [2.24, 2.45) is 0 Å². The van der Waals surface area contributed by atoms with Crippen molar-refractivity contribution in [1.29, 1.82) is 0 Å². The Labute approximate surface area is 268 Å². The first kappa shape index (κ1) is 31.3. The highest BCUT2D eigenvalue weighted by molar-refractivity contribution is 7.90. The summed E-state index contributed by atoms with van der Waals surface area (Å²) in [5.74, 6) is 1.37. The van der Waals surface area contributed by atoms with Crippen LogP contribution in [-0.2, 0) is 28.8 Å². The van der Waals surface area contributed by atoms with Gasteiger partial charge in [-0.2, -0.15) is 4.98 Å². The van der Waals surface area contributed by atoms with E-state index in [1.807, 2.05) is 45.3 Å². The summed E-state index contributed by atoms with van der Waals surface area (Å²) in [6.07, 6.45) is 11.9. The third-order valence-electron chi connectivity index (χ3n) is 9.32. The number of nitrogens with one attached hydrogen (secondary N) is 2. The lowest BCUT2D eigenvalue weighted by Gasteiger charge is -2.30. The van der Waals surface area contributed by atoms with Gasteiger partial charge in [-0.25, -0.2) is 9.37 Å². The topological polar surface area (TPSA) is 93.2 Å². The van der Waals surface area contributed by atoms with Crippen LogP contribution in [0.5, 0.6) is 0 Å². The lowest BCUT2D eigenvalue weighted by atomic mass is 9.91. The molecule has 7 nitrogen and oxygen atoms in total. The second-order valence-electron chi connectivity index (χ2n) is 12.7. The van der Waals surface area contributed by atoms with Crippen LogP contribution in [0.15, 0.2) is 52.9 Å². The molecule has 2 aromatic carbocycles. The number of fused-ring (bicyclic) bond motifs is 2. The Hall–Kier alpha value is -3.69. The number of nitrogens with zero attached hydrogens (tertiary/aromatic N) is 3. The fourth-order valence-corrected chi connectivity index (χ4v) is 7.44. The number of halogens is 1. The van der Waals surface area contributed by atoms with Crippen LogP contribution in [0, 0.1) is 5.82 Å². The molecule has 0 radical (unpaired) electrons. The maximum Gasteiger partial charge on any atom is 0.225 e. The molecule has 236 valence electrons. The Morgan fingerprint density at radius 2 is 1.73 bits per heavy atom. The molecule has 1 saturated carbocycles. The number of benzene rings is 2. The first-order valence-corrected chi connectivity index (χ1v) is 17.5. The predicted octanol–water partition coefficient (Wildman–Crippen LogP) is 6.56. The Morgan fingerprint density at radius 3 is 2.44 bits per heavy atom. The molecule has 45 heavy (non-hydrogen) atoms. The quantitative estimate of drug-likeness (QED) is 0.275. The van der Waals surface area contributed by atoms with Gasteiger partial charge in [-0.1, -0.05) is 6.07 Å². The molecular formula is C36H42FN5O2S. The third-order valence-corrected chi connectivity index (χ3v) is 10.3. The molecule has 0 bridgehead atoms. The van der Waals surface area contributed by atoms with Crippen LogP contribution in [0.2, 0.25) is 0 Å². The molecule has 1 unspecified atom stereocenters. The minimum Gasteiger partial charge on any atom is -0.612 e. The maximum atomic E-state index is 14.4. The third kappa shape index (κ3) is 6.94. The number of aryl methyl sites for hydroxylation is 1. The molecule has 1 fully saturated rings. The van der Waals surface area contributed by atoms with Gasteiger partial charge in [0.2, 0.25) is 11.9 Å². The van der Waals surface area contributed by atoms with Gasteiger partial charge in [-0.15, -0.1) is 0 Å². The number of anilines is 2. The van der Waals surface area contributed by atoms with Gasteiger partial charge >= 0.3 is 0 Å². The van der Waals surface area contributed by atoms with Crippen molar-refractivity contribution in [1.82, 2.24) is 15.3 Å². The second-order valence-corrected chi connectivity index (χ2v) is 14.1. The minimum absolute atomic E-state index is 0.0411. The van der Waals surface area contributed by atoms with E-state index in [0.717, 1.165) is 82.6 Å². The summed E-state index contributed by atoms with van der Waals surface area (Å²) in [6, 6.07) is 12.8. The Kier molecular flexibility index (Phi) is 9.28. The predicted molar refractivity (Wildman–Crippen MR) is 181 cm³/mol. The molecule has 2 N–H and O–H groups in total. The van der Waals surface area contributed by atoms with E-state index in [1.54, 1.807) is 12.3 Å². The fraction of sp³-hybridized carbons (Fsp3) is 0.417.